The first-order valence-electron chi connectivity index (χ1n) is 27.4. The van der Waals surface area contributed by atoms with E-state index < -0.39 is 28.7 Å². The van der Waals surface area contributed by atoms with E-state index in [1.165, 1.54) is 33.5 Å². The van der Waals surface area contributed by atoms with Gasteiger partial charge in [0.2, 0.25) is 5.91 Å². The maximum Gasteiger partial charge on any atom is 0.305 e. The third kappa shape index (κ3) is 11.9. The molecule has 0 radical (unpaired) electrons. The van der Waals surface area contributed by atoms with Crippen molar-refractivity contribution < 1.29 is 29.4 Å². The molecule has 9 rings (SSSR count). The number of carboxylic acid groups (broad SMARTS) is 2. The zero-order chi connectivity index (χ0) is 57.3. The number of thioether (sulfide) groups is 1. The van der Waals surface area contributed by atoms with E-state index in [0.29, 0.717) is 33.7 Å². The molecular weight excluding hydrogens is 1100 g/mol. The van der Waals surface area contributed by atoms with Crippen molar-refractivity contribution in [1.29, 1.82) is 0 Å². The highest BCUT2D eigenvalue weighted by Gasteiger charge is 2.46. The van der Waals surface area contributed by atoms with E-state index in [2.05, 4.69) is 189 Å². The van der Waals surface area contributed by atoms with Gasteiger partial charge in [-0.15, -0.1) is 0 Å². The van der Waals surface area contributed by atoms with Crippen LogP contribution in [0.4, 0.5) is 22.7 Å². The van der Waals surface area contributed by atoms with E-state index in [1.807, 2.05) is 36.4 Å². The maximum absolute atomic E-state index is 14.0. The summed E-state index contributed by atoms with van der Waals surface area (Å²) >= 11 is 10.5. The molecule has 6 aromatic carbocycles. The lowest BCUT2D eigenvalue weighted by atomic mass is 9.74. The van der Waals surface area contributed by atoms with Crippen LogP contribution < -0.4 is 20.4 Å². The number of nitrogens with zero attached hydrogens (tertiary/aromatic N) is 3. The molecule has 0 spiro atoms. The van der Waals surface area contributed by atoms with Crippen molar-refractivity contribution in [3.63, 3.8) is 0 Å². The Balaban J connectivity index is 0.986. The number of carbonyl (C=O) groups is 4. The summed E-state index contributed by atoms with van der Waals surface area (Å²) < 4.78 is 1.29. The number of hydrogen-bond donors (Lipinski definition) is 4. The van der Waals surface area contributed by atoms with Gasteiger partial charge in [-0.05, 0) is 137 Å². The fraction of sp³-hybridized carbons (Fsp3) is 0.318. The standard InChI is InChI=1S/C66H70BrN5O6S2/c1-41(2)31-35-70-53-27-20-42(3)37-51(53)65(6,7)55(70)29-28-54-62(78)72(63(79)80-54)40-57(73)69-45-25-26-52(68-34-30-58(74)75)50(38-45)64(4,5)33-14-13-19-56-66(8,39-43-21-23-44(67)24-22-43)60-48-17-11-9-15-46(48)47-16-10-12-18-49(47)61(60)71(56)36-32-59(76)77/h9-29,37-38,41,68H,30-36,39-40H2,1-8H3,(H,69,73)(H,74,75)(H,76,77). The topological polar surface area (TPSA) is 143 Å². The van der Waals surface area contributed by atoms with Crippen LogP contribution in [0.5, 0.6) is 0 Å². The number of aryl methyl sites for hydroxylation is 1. The van der Waals surface area contributed by atoms with Gasteiger partial charge in [-0.1, -0.05) is 172 Å². The number of nitrogens with one attached hydrogen (secondary N) is 2. The largest absolute Gasteiger partial charge is 0.481 e. The Morgan fingerprint density at radius 1 is 0.787 bits per heavy atom. The van der Waals surface area contributed by atoms with E-state index in [0.717, 1.165) is 78.4 Å². The lowest BCUT2D eigenvalue weighted by Gasteiger charge is -2.31. The Morgan fingerprint density at radius 3 is 2.15 bits per heavy atom. The van der Waals surface area contributed by atoms with E-state index in [9.17, 15) is 29.4 Å². The van der Waals surface area contributed by atoms with Crippen molar-refractivity contribution in [3.05, 3.63) is 188 Å². The molecule has 1 fully saturated rings. The van der Waals surface area contributed by atoms with Crippen LogP contribution in [0.3, 0.4) is 0 Å². The van der Waals surface area contributed by atoms with Gasteiger partial charge in [-0.2, -0.15) is 0 Å². The van der Waals surface area contributed by atoms with E-state index in [1.54, 1.807) is 6.07 Å². The van der Waals surface area contributed by atoms with Crippen molar-refractivity contribution in [1.82, 2.24) is 4.90 Å². The monoisotopic (exact) mass is 1170 g/mol. The van der Waals surface area contributed by atoms with Crippen molar-refractivity contribution in [2.45, 2.75) is 104 Å². The molecule has 6 aromatic rings. The van der Waals surface area contributed by atoms with Crippen LogP contribution in [-0.4, -0.2) is 69.4 Å². The quantitative estimate of drug-likeness (QED) is 0.0330. The first-order valence-corrected chi connectivity index (χ1v) is 29.4. The fourth-order valence-corrected chi connectivity index (χ4v) is 13.2. The van der Waals surface area contributed by atoms with E-state index in [-0.39, 0.29) is 43.8 Å². The molecule has 1 saturated heterocycles. The molecule has 11 nitrogen and oxygen atoms in total. The van der Waals surface area contributed by atoms with E-state index in [4.69, 9.17) is 12.2 Å². The smallest absolute Gasteiger partial charge is 0.305 e. The molecule has 2 amide bonds. The molecule has 414 valence electrons. The van der Waals surface area contributed by atoms with Gasteiger partial charge in [-0.25, -0.2) is 0 Å². The van der Waals surface area contributed by atoms with Gasteiger partial charge in [0.25, 0.3) is 5.91 Å². The molecule has 0 aromatic heterocycles. The Bertz CT molecular complexity index is 3580. The molecular formula is C66H70BrN5O6S2. The molecule has 1 atom stereocenters. The van der Waals surface area contributed by atoms with Crippen molar-refractivity contribution >= 4 is 112 Å². The lowest BCUT2D eigenvalue weighted by Crippen LogP contribution is -2.36. The number of carboxylic acids is 2. The van der Waals surface area contributed by atoms with Gasteiger partial charge in [0.05, 0.1) is 23.4 Å². The van der Waals surface area contributed by atoms with Gasteiger partial charge in [0, 0.05) is 68.8 Å². The Morgan fingerprint density at radius 2 is 1.46 bits per heavy atom. The highest BCUT2D eigenvalue weighted by Crippen LogP contribution is 2.56. The van der Waals surface area contributed by atoms with Crippen LogP contribution in [0.15, 0.2) is 160 Å². The minimum atomic E-state index is -0.924. The summed E-state index contributed by atoms with van der Waals surface area (Å²) in [6.45, 7) is 18.5. The first-order chi connectivity index (χ1) is 38.1. The number of benzene rings is 6. The minimum absolute atomic E-state index is 0.0594. The average Bonchev–Trinajstić information content (AvgIpc) is 4.13. The number of allylic oxidation sites excluding steroid dienone is 7. The zero-order valence-electron chi connectivity index (χ0n) is 46.8. The first kappa shape index (κ1) is 57.7. The van der Waals surface area contributed by atoms with Crippen LogP contribution in [0.25, 0.3) is 21.5 Å². The number of anilines is 4. The molecule has 0 saturated carbocycles. The number of thiocarbonyl (C=S) groups is 1. The number of rotatable bonds is 20. The second-order valence-electron chi connectivity index (χ2n) is 23.0. The SMILES string of the molecule is Cc1ccc2c(c1)C(C)(C)C(=CC=C1SC(=S)N(CC(=O)Nc3ccc(NCCC(=O)O)c(C(C)(C)CC=CC=C4N(CCC(=O)O)c5c(c6ccccc6c6ccccc56)C4(C)Cc4ccc(Br)cc4)c3)C1=O)N2CCC(C)C. The van der Waals surface area contributed by atoms with Gasteiger partial charge in [0.1, 0.15) is 10.9 Å². The van der Waals surface area contributed by atoms with Crippen LogP contribution in [-0.2, 0) is 41.8 Å². The lowest BCUT2D eigenvalue weighted by molar-refractivity contribution is -0.137. The summed E-state index contributed by atoms with van der Waals surface area (Å²) in [6, 6.07) is 37.4. The highest BCUT2D eigenvalue weighted by atomic mass is 79.9. The molecule has 4 N–H and O–H groups in total. The Hall–Kier alpha value is -7.00. The Labute approximate surface area is 488 Å². The molecule has 0 bridgehead atoms. The third-order valence-corrected chi connectivity index (χ3v) is 17.8. The third-order valence-electron chi connectivity index (χ3n) is 15.9. The summed E-state index contributed by atoms with van der Waals surface area (Å²) in [5, 5.41) is 30.5. The van der Waals surface area contributed by atoms with Gasteiger partial charge < -0.3 is 30.6 Å². The molecule has 3 aliphatic heterocycles. The second-order valence-corrected chi connectivity index (χ2v) is 25.6. The van der Waals surface area contributed by atoms with E-state index >= 15 is 0 Å². The zero-order valence-corrected chi connectivity index (χ0v) is 50.0. The van der Waals surface area contributed by atoms with Crippen molar-refractivity contribution in [2.75, 3.05) is 46.6 Å². The normalized spacial score (nSPS) is 18.5. The predicted octanol–water partition coefficient (Wildman–Crippen LogP) is 15.0. The maximum atomic E-state index is 14.0. The van der Waals surface area contributed by atoms with Crippen molar-refractivity contribution in [2.24, 2.45) is 5.92 Å². The molecule has 3 aliphatic rings. The number of fused-ring (bicyclic) bond motifs is 7. The van der Waals surface area contributed by atoms with Gasteiger partial charge in [0.15, 0.2) is 0 Å². The number of halogens is 1. The van der Waals surface area contributed by atoms with Gasteiger partial charge in [-0.3, -0.25) is 24.1 Å². The number of amides is 2. The summed E-state index contributed by atoms with van der Waals surface area (Å²) in [6.07, 6.45) is 12.3. The predicted molar refractivity (Wildman–Crippen MR) is 336 cm³/mol. The molecule has 14 heteroatoms. The highest BCUT2D eigenvalue weighted by molar-refractivity contribution is 9.10. The Kier molecular flexibility index (Phi) is 17.0. The number of carbonyl (C=O) groups excluding carboxylic acids is 2. The summed E-state index contributed by atoms with van der Waals surface area (Å²) in [5.74, 6) is -2.03. The second kappa shape index (κ2) is 23.6. The summed E-state index contributed by atoms with van der Waals surface area (Å²) in [7, 11) is 0. The summed E-state index contributed by atoms with van der Waals surface area (Å²) in [5.41, 5.74) is 9.71. The van der Waals surface area contributed by atoms with Crippen LogP contribution >= 0.6 is 39.9 Å². The minimum Gasteiger partial charge on any atom is -0.481 e. The molecule has 80 heavy (non-hydrogen) atoms. The fourth-order valence-electron chi connectivity index (χ4n) is 11.7. The van der Waals surface area contributed by atoms with Crippen LogP contribution in [0, 0.1) is 12.8 Å². The van der Waals surface area contributed by atoms with Gasteiger partial charge >= 0.3 is 11.9 Å². The van der Waals surface area contributed by atoms with Crippen LogP contribution in [0.1, 0.15) is 102 Å². The molecule has 1 unspecified atom stereocenters. The van der Waals surface area contributed by atoms with Crippen molar-refractivity contribution in [3.8, 4) is 0 Å². The average molecular weight is 1170 g/mol. The van der Waals surface area contributed by atoms with Crippen LogP contribution in [0.2, 0.25) is 0 Å². The molecule has 0 aliphatic carbocycles. The molecule has 3 heterocycles. The number of aliphatic carboxylic acids is 2. The summed E-state index contributed by atoms with van der Waals surface area (Å²) in [4.78, 5) is 58.4. The number of hydrogen-bond acceptors (Lipinski definition) is 9.